The highest BCUT2D eigenvalue weighted by Gasteiger charge is 2.16. The van der Waals surface area contributed by atoms with E-state index < -0.39 is 0 Å². The van der Waals surface area contributed by atoms with Gasteiger partial charge in [0.15, 0.2) is 5.88 Å². The quantitative estimate of drug-likeness (QED) is 0.661. The number of aromatic amines is 1. The normalized spacial score (nSPS) is 12.2. The van der Waals surface area contributed by atoms with Crippen molar-refractivity contribution < 1.29 is 5.11 Å². The van der Waals surface area contributed by atoms with E-state index in [1.54, 1.807) is 12.3 Å². The van der Waals surface area contributed by atoms with Crippen molar-refractivity contribution in [1.29, 1.82) is 0 Å². The van der Waals surface area contributed by atoms with Crippen molar-refractivity contribution in [1.82, 2.24) is 14.8 Å². The van der Waals surface area contributed by atoms with Crippen LogP contribution in [0.2, 0.25) is 0 Å². The first-order valence-corrected chi connectivity index (χ1v) is 8.12. The molecule has 3 aromatic rings. The number of H-pyrrole nitrogens is 1. The van der Waals surface area contributed by atoms with Crippen molar-refractivity contribution >= 4 is 28.4 Å². The van der Waals surface area contributed by atoms with Crippen LogP contribution in [0.5, 0.6) is 5.88 Å². The van der Waals surface area contributed by atoms with E-state index in [0.717, 1.165) is 33.4 Å². The largest absolute Gasteiger partial charge is 0.494 e. The van der Waals surface area contributed by atoms with E-state index in [-0.39, 0.29) is 11.9 Å². The second-order valence-electron chi connectivity index (χ2n) is 6.04. The van der Waals surface area contributed by atoms with Gasteiger partial charge in [-0.15, -0.1) is 0 Å². The Morgan fingerprint density at radius 2 is 2.25 bits per heavy atom. The van der Waals surface area contributed by atoms with Crippen molar-refractivity contribution in [2.45, 2.75) is 33.2 Å². The molecule has 124 valence electrons. The highest BCUT2D eigenvalue weighted by Crippen LogP contribution is 2.31. The second-order valence-corrected chi connectivity index (χ2v) is 6.04. The molecule has 0 spiro atoms. The van der Waals surface area contributed by atoms with Crippen LogP contribution in [0.3, 0.4) is 0 Å². The van der Waals surface area contributed by atoms with Gasteiger partial charge in [0.25, 0.3) is 0 Å². The van der Waals surface area contributed by atoms with Gasteiger partial charge < -0.3 is 10.1 Å². The minimum Gasteiger partial charge on any atom is -0.494 e. The number of nitrogens with one attached hydrogen (secondary N) is 1. The molecule has 0 radical (unpaired) electrons. The minimum atomic E-state index is 0.142. The maximum absolute atomic E-state index is 10.4. The number of hydrogen-bond donors (Lipinski definition) is 2. The third-order valence-corrected chi connectivity index (χ3v) is 4.04. The van der Waals surface area contributed by atoms with Gasteiger partial charge >= 0.3 is 0 Å². The van der Waals surface area contributed by atoms with Crippen LogP contribution in [0, 0.1) is 0 Å². The maximum atomic E-state index is 10.4. The van der Waals surface area contributed by atoms with Crippen LogP contribution in [0.25, 0.3) is 17.0 Å². The second kappa shape index (κ2) is 6.35. The lowest BCUT2D eigenvalue weighted by atomic mass is 10.0. The zero-order valence-electron chi connectivity index (χ0n) is 14.2. The van der Waals surface area contributed by atoms with Crippen LogP contribution < -0.4 is 0 Å². The summed E-state index contributed by atoms with van der Waals surface area (Å²) in [7, 11) is 0. The Kier molecular flexibility index (Phi) is 4.25. The zero-order chi connectivity index (χ0) is 17.3. The molecule has 0 aliphatic rings. The summed E-state index contributed by atoms with van der Waals surface area (Å²) in [6, 6.07) is 6.21. The van der Waals surface area contributed by atoms with Gasteiger partial charge in [0.2, 0.25) is 0 Å². The van der Waals surface area contributed by atoms with Crippen molar-refractivity contribution in [3.63, 3.8) is 0 Å². The number of aromatic hydroxyl groups is 1. The van der Waals surface area contributed by atoms with Gasteiger partial charge in [0.1, 0.15) is 5.69 Å². The van der Waals surface area contributed by atoms with Crippen LogP contribution in [0.4, 0.5) is 5.69 Å². The van der Waals surface area contributed by atoms with Crippen molar-refractivity contribution in [2.24, 2.45) is 4.99 Å². The van der Waals surface area contributed by atoms with Gasteiger partial charge in [-0.2, -0.15) is 5.10 Å². The van der Waals surface area contributed by atoms with E-state index in [4.69, 9.17) is 4.99 Å². The fourth-order valence-electron chi connectivity index (χ4n) is 2.75. The summed E-state index contributed by atoms with van der Waals surface area (Å²) in [5.41, 5.74) is 4.24. The first-order chi connectivity index (χ1) is 11.5. The summed E-state index contributed by atoms with van der Waals surface area (Å²) in [4.78, 5) is 7.74. The Balaban J connectivity index is 2.13. The summed E-state index contributed by atoms with van der Waals surface area (Å²) in [6.07, 6.45) is 6.16. The summed E-state index contributed by atoms with van der Waals surface area (Å²) in [6.45, 7) is 9.99. The Hall–Kier alpha value is -2.82. The first-order valence-electron chi connectivity index (χ1n) is 8.12. The smallest absolute Gasteiger partial charge is 0.198 e. The molecule has 0 bridgehead atoms. The van der Waals surface area contributed by atoms with Gasteiger partial charge in [-0.1, -0.05) is 25.6 Å². The molecular formula is C19H22N4O. The Morgan fingerprint density at radius 1 is 1.46 bits per heavy atom. The number of aliphatic imine (C=N–C) groups is 1. The van der Waals surface area contributed by atoms with Gasteiger partial charge in [-0.25, -0.2) is 4.99 Å². The van der Waals surface area contributed by atoms with Crippen molar-refractivity contribution in [2.75, 3.05) is 0 Å². The molecule has 0 atom stereocenters. The summed E-state index contributed by atoms with van der Waals surface area (Å²) < 4.78 is 1.87. The summed E-state index contributed by atoms with van der Waals surface area (Å²) in [5, 5.41) is 15.7. The highest BCUT2D eigenvalue weighted by atomic mass is 16.3. The molecule has 0 aliphatic carbocycles. The molecule has 24 heavy (non-hydrogen) atoms. The average Bonchev–Trinajstić information content (AvgIpc) is 3.16. The number of nitrogens with zero attached hydrogens (tertiary/aromatic N) is 3. The van der Waals surface area contributed by atoms with E-state index in [2.05, 4.69) is 30.5 Å². The Labute approximate surface area is 141 Å². The first kappa shape index (κ1) is 16.1. The minimum absolute atomic E-state index is 0.142. The zero-order valence-corrected chi connectivity index (χ0v) is 14.2. The number of rotatable bonds is 5. The van der Waals surface area contributed by atoms with E-state index in [1.165, 1.54) is 0 Å². The van der Waals surface area contributed by atoms with Crippen LogP contribution in [-0.2, 0) is 0 Å². The molecule has 0 saturated carbocycles. The molecule has 2 N–H and O–H groups in total. The fraction of sp³-hybridized carbons (Fsp3) is 0.263. The van der Waals surface area contributed by atoms with Gasteiger partial charge in [0, 0.05) is 16.9 Å². The average molecular weight is 322 g/mol. The lowest BCUT2D eigenvalue weighted by Crippen LogP contribution is -2.00. The highest BCUT2D eigenvalue weighted by molar-refractivity contribution is 6.14. The van der Waals surface area contributed by atoms with Crippen molar-refractivity contribution in [3.8, 4) is 5.88 Å². The van der Waals surface area contributed by atoms with Crippen LogP contribution in [-0.4, -0.2) is 25.6 Å². The molecule has 2 aromatic heterocycles. The molecule has 0 unspecified atom stereocenters. The number of fused-ring (bicyclic) bond motifs is 1. The molecule has 3 rings (SSSR count). The predicted molar refractivity (Wildman–Crippen MR) is 99.2 cm³/mol. The van der Waals surface area contributed by atoms with Gasteiger partial charge in [0.05, 0.1) is 23.7 Å². The van der Waals surface area contributed by atoms with E-state index in [0.29, 0.717) is 6.42 Å². The topological polar surface area (TPSA) is 66.2 Å². The van der Waals surface area contributed by atoms with Crippen LogP contribution in [0.1, 0.15) is 44.4 Å². The van der Waals surface area contributed by atoms with Crippen LogP contribution in [0.15, 0.2) is 42.2 Å². The summed E-state index contributed by atoms with van der Waals surface area (Å²) >= 11 is 0. The molecular weight excluding hydrogens is 300 g/mol. The summed E-state index contributed by atoms with van der Waals surface area (Å²) in [5.74, 6) is 0.142. The Bertz CT molecular complexity index is 915. The third-order valence-electron chi connectivity index (χ3n) is 4.04. The molecule has 0 aliphatic heterocycles. The lowest BCUT2D eigenvalue weighted by Gasteiger charge is -2.04. The van der Waals surface area contributed by atoms with E-state index in [9.17, 15) is 5.11 Å². The number of aromatic nitrogens is 3. The standard InChI is InChI=1S/C19H22N4O/c1-5-13-7-8-17-15(9-13)18(19(24)22-17)16(6-2)21-14-10-20-23(11-14)12(3)4/h5,7-12,22,24H,1,6H2,2-4H3. The van der Waals surface area contributed by atoms with E-state index in [1.807, 2.05) is 36.0 Å². The van der Waals surface area contributed by atoms with Crippen molar-refractivity contribution in [3.05, 3.63) is 48.3 Å². The lowest BCUT2D eigenvalue weighted by molar-refractivity contribution is 0.457. The molecule has 2 heterocycles. The predicted octanol–water partition coefficient (Wildman–Crippen LogP) is 4.82. The molecule has 1 aromatic carbocycles. The van der Waals surface area contributed by atoms with Gasteiger partial charge in [-0.05, 0) is 38.0 Å². The fourth-order valence-corrected chi connectivity index (χ4v) is 2.75. The maximum Gasteiger partial charge on any atom is 0.198 e. The SMILES string of the molecule is C=Cc1ccc2[nH]c(O)c(C(CC)=Nc3cnn(C(C)C)c3)c2c1. The van der Waals surface area contributed by atoms with Gasteiger partial charge in [-0.3, -0.25) is 4.68 Å². The molecule has 0 fully saturated rings. The molecule has 5 heteroatoms. The third kappa shape index (κ3) is 2.85. The van der Waals surface area contributed by atoms with Crippen LogP contribution >= 0.6 is 0 Å². The Morgan fingerprint density at radius 3 is 2.88 bits per heavy atom. The monoisotopic (exact) mass is 322 g/mol. The molecule has 0 amide bonds. The number of benzene rings is 1. The molecule has 5 nitrogen and oxygen atoms in total. The molecule has 0 saturated heterocycles. The number of hydrogen-bond acceptors (Lipinski definition) is 3. The van der Waals surface area contributed by atoms with E-state index >= 15 is 0 Å².